The van der Waals surface area contributed by atoms with Crippen LogP contribution in [0.25, 0.3) is 16.6 Å². The van der Waals surface area contributed by atoms with Gasteiger partial charge in [-0.15, -0.1) is 0 Å². The minimum Gasteiger partial charge on any atom is -0.465 e. The number of primary amides is 1. The summed E-state index contributed by atoms with van der Waals surface area (Å²) in [6, 6.07) is 10.4. The van der Waals surface area contributed by atoms with Crippen LogP contribution in [-0.2, 0) is 0 Å². The third-order valence-electron chi connectivity index (χ3n) is 5.19. The lowest BCUT2D eigenvalue weighted by atomic mass is 10.0. The molecule has 0 saturated carbocycles. The van der Waals surface area contributed by atoms with Crippen LogP contribution in [0.5, 0.6) is 0 Å². The number of aromatic nitrogens is 2. The van der Waals surface area contributed by atoms with Crippen LogP contribution >= 0.6 is 11.6 Å². The molecular formula is C23H25ClN4O4. The second-order valence-corrected chi connectivity index (χ2v) is 8.81. The Morgan fingerprint density at radius 2 is 1.88 bits per heavy atom. The Hall–Kier alpha value is -3.39. The summed E-state index contributed by atoms with van der Waals surface area (Å²) in [7, 11) is 0. The predicted octanol–water partition coefficient (Wildman–Crippen LogP) is 4.37. The highest BCUT2D eigenvalue weighted by atomic mass is 35.5. The molecule has 0 aliphatic heterocycles. The highest BCUT2D eigenvalue weighted by Crippen LogP contribution is 2.32. The van der Waals surface area contributed by atoms with Gasteiger partial charge in [-0.1, -0.05) is 30.7 Å². The number of carbonyl (C=O) groups excluding carboxylic acids is 1. The Balaban J connectivity index is 2.45. The van der Waals surface area contributed by atoms with E-state index in [0.717, 1.165) is 0 Å². The van der Waals surface area contributed by atoms with Gasteiger partial charge in [0.05, 0.1) is 27.7 Å². The summed E-state index contributed by atoms with van der Waals surface area (Å²) in [6.07, 6.45) is -0.778. The number of hydrogen-bond acceptors (Lipinski definition) is 4. The van der Waals surface area contributed by atoms with Gasteiger partial charge < -0.3 is 10.8 Å². The number of amides is 2. The van der Waals surface area contributed by atoms with Crippen LogP contribution < -0.4 is 11.3 Å². The first-order valence-corrected chi connectivity index (χ1v) is 10.5. The molecule has 0 saturated heterocycles. The second kappa shape index (κ2) is 8.63. The van der Waals surface area contributed by atoms with Crippen LogP contribution in [-0.4, -0.2) is 37.1 Å². The van der Waals surface area contributed by atoms with E-state index in [1.807, 2.05) is 6.92 Å². The van der Waals surface area contributed by atoms with Crippen LogP contribution in [0.4, 0.5) is 4.79 Å². The first-order valence-electron chi connectivity index (χ1n) is 10.1. The fourth-order valence-corrected chi connectivity index (χ4v) is 4.10. The van der Waals surface area contributed by atoms with Crippen LogP contribution in [0.2, 0.25) is 5.02 Å². The van der Waals surface area contributed by atoms with Crippen molar-refractivity contribution in [2.24, 2.45) is 5.73 Å². The summed E-state index contributed by atoms with van der Waals surface area (Å²) >= 11 is 6.32. The predicted molar refractivity (Wildman–Crippen MR) is 124 cm³/mol. The largest absolute Gasteiger partial charge is 0.465 e. The highest BCUT2D eigenvalue weighted by Gasteiger charge is 2.36. The number of nitrogens with two attached hydrogens (primary N) is 1. The topological polar surface area (TPSA) is 119 Å². The zero-order valence-corrected chi connectivity index (χ0v) is 19.1. The number of fused-ring (bicyclic) bond motifs is 1. The van der Waals surface area contributed by atoms with Crippen molar-refractivity contribution in [3.63, 3.8) is 0 Å². The van der Waals surface area contributed by atoms with Crippen molar-refractivity contribution in [2.45, 2.75) is 45.7 Å². The first kappa shape index (κ1) is 23.3. The zero-order chi connectivity index (χ0) is 23.8. The molecule has 0 bridgehead atoms. The Morgan fingerprint density at radius 3 is 2.44 bits per heavy atom. The minimum atomic E-state index is -1.14. The number of carbonyl (C=O) groups is 2. The molecule has 2 amide bonds. The molecule has 0 aliphatic carbocycles. The van der Waals surface area contributed by atoms with Gasteiger partial charge in [0.15, 0.2) is 0 Å². The lowest BCUT2D eigenvalue weighted by molar-refractivity contribution is 0.0646. The molecule has 168 valence electrons. The molecule has 0 aliphatic rings. The molecule has 9 heteroatoms. The lowest BCUT2D eigenvalue weighted by Gasteiger charge is -2.39. The molecule has 1 unspecified atom stereocenters. The molecule has 0 radical (unpaired) electrons. The van der Waals surface area contributed by atoms with Gasteiger partial charge in [0.2, 0.25) is 5.91 Å². The number of nitrogens with zero attached hydrogens (tertiary/aromatic N) is 3. The van der Waals surface area contributed by atoms with E-state index in [2.05, 4.69) is 0 Å². The molecule has 1 atom stereocenters. The van der Waals surface area contributed by atoms with Gasteiger partial charge in [-0.3, -0.25) is 19.1 Å². The molecule has 3 rings (SSSR count). The molecule has 3 aromatic rings. The molecule has 32 heavy (non-hydrogen) atoms. The SMILES string of the molecule is CCC(c1nc2cccc(Cl)c2c(=O)n1-c1cccc(C(N)=O)c1)N(C(=O)O)C(C)(C)C. The maximum absolute atomic E-state index is 13.7. The van der Waals surface area contributed by atoms with Crippen molar-refractivity contribution in [3.05, 3.63) is 69.2 Å². The van der Waals surface area contributed by atoms with E-state index in [4.69, 9.17) is 22.3 Å². The summed E-state index contributed by atoms with van der Waals surface area (Å²) < 4.78 is 1.32. The van der Waals surface area contributed by atoms with Gasteiger partial charge in [0.1, 0.15) is 5.82 Å². The van der Waals surface area contributed by atoms with Crippen LogP contribution in [0.3, 0.4) is 0 Å². The van der Waals surface area contributed by atoms with E-state index < -0.39 is 29.1 Å². The highest BCUT2D eigenvalue weighted by molar-refractivity contribution is 6.35. The van der Waals surface area contributed by atoms with Gasteiger partial charge in [-0.25, -0.2) is 9.78 Å². The maximum atomic E-state index is 13.7. The van der Waals surface area contributed by atoms with Crippen molar-refractivity contribution in [1.82, 2.24) is 14.5 Å². The molecular weight excluding hydrogens is 432 g/mol. The summed E-state index contributed by atoms with van der Waals surface area (Å²) in [5.74, 6) is -0.423. The fraction of sp³-hybridized carbons (Fsp3) is 0.304. The van der Waals surface area contributed by atoms with Crippen LogP contribution in [0, 0.1) is 0 Å². The average Bonchev–Trinajstić information content (AvgIpc) is 2.70. The number of halogens is 1. The molecule has 8 nitrogen and oxygen atoms in total. The summed E-state index contributed by atoms with van der Waals surface area (Å²) in [5.41, 5.74) is 5.11. The Kier molecular flexibility index (Phi) is 6.27. The summed E-state index contributed by atoms with van der Waals surface area (Å²) in [4.78, 5) is 43.6. The monoisotopic (exact) mass is 456 g/mol. The first-order chi connectivity index (χ1) is 15.0. The fourth-order valence-electron chi connectivity index (χ4n) is 3.85. The van der Waals surface area contributed by atoms with Crippen molar-refractivity contribution in [2.75, 3.05) is 0 Å². The van der Waals surface area contributed by atoms with E-state index in [1.54, 1.807) is 51.1 Å². The van der Waals surface area contributed by atoms with Gasteiger partial charge in [-0.2, -0.15) is 0 Å². The summed E-state index contributed by atoms with van der Waals surface area (Å²) in [5, 5.41) is 10.4. The second-order valence-electron chi connectivity index (χ2n) is 8.41. The van der Waals surface area contributed by atoms with E-state index in [0.29, 0.717) is 17.6 Å². The van der Waals surface area contributed by atoms with Gasteiger partial charge >= 0.3 is 6.09 Å². The van der Waals surface area contributed by atoms with E-state index in [1.165, 1.54) is 21.6 Å². The van der Waals surface area contributed by atoms with E-state index in [9.17, 15) is 19.5 Å². The van der Waals surface area contributed by atoms with Gasteiger partial charge in [0.25, 0.3) is 5.56 Å². The number of carboxylic acid groups (broad SMARTS) is 1. The normalized spacial score (nSPS) is 12.5. The van der Waals surface area contributed by atoms with Gasteiger partial charge in [-0.05, 0) is 57.5 Å². The molecule has 2 aromatic carbocycles. The van der Waals surface area contributed by atoms with Gasteiger partial charge in [0, 0.05) is 11.1 Å². The molecule has 3 N–H and O–H groups in total. The van der Waals surface area contributed by atoms with Crippen molar-refractivity contribution >= 4 is 34.5 Å². The molecule has 0 spiro atoms. The Morgan fingerprint density at radius 1 is 1.22 bits per heavy atom. The number of hydrogen-bond donors (Lipinski definition) is 2. The van der Waals surface area contributed by atoms with E-state index >= 15 is 0 Å². The zero-order valence-electron chi connectivity index (χ0n) is 18.3. The van der Waals surface area contributed by atoms with Crippen LogP contribution in [0.1, 0.15) is 56.3 Å². The average molecular weight is 457 g/mol. The van der Waals surface area contributed by atoms with Crippen LogP contribution in [0.15, 0.2) is 47.3 Å². The molecule has 1 heterocycles. The standard InChI is InChI=1S/C23H25ClN4O4/c1-5-17(28(22(31)32)23(2,3)4)20-26-16-11-7-10-15(24)18(16)21(30)27(20)14-9-6-8-13(12-14)19(25)29/h6-12,17H,5H2,1-4H3,(H2,25,29)(H,31,32). The third kappa shape index (κ3) is 4.18. The third-order valence-corrected chi connectivity index (χ3v) is 5.50. The Bertz CT molecular complexity index is 1260. The maximum Gasteiger partial charge on any atom is 0.408 e. The lowest BCUT2D eigenvalue weighted by Crippen LogP contribution is -2.48. The Labute approximate surface area is 190 Å². The number of rotatable bonds is 5. The molecule has 1 aromatic heterocycles. The van der Waals surface area contributed by atoms with Crippen molar-refractivity contribution in [1.29, 1.82) is 0 Å². The van der Waals surface area contributed by atoms with E-state index in [-0.39, 0.29) is 21.8 Å². The molecule has 0 fully saturated rings. The minimum absolute atomic E-state index is 0.204. The smallest absolute Gasteiger partial charge is 0.408 e. The van der Waals surface area contributed by atoms with Crippen molar-refractivity contribution < 1.29 is 14.7 Å². The number of benzene rings is 2. The van der Waals surface area contributed by atoms with Crippen molar-refractivity contribution in [3.8, 4) is 5.69 Å². The quantitative estimate of drug-likeness (QED) is 0.591. The summed E-state index contributed by atoms with van der Waals surface area (Å²) in [6.45, 7) is 7.15.